The molecule has 3 nitrogen and oxygen atoms in total. The van der Waals surface area contributed by atoms with E-state index in [9.17, 15) is 5.11 Å². The highest BCUT2D eigenvalue weighted by Gasteiger charge is 2.21. The van der Waals surface area contributed by atoms with Gasteiger partial charge in [0.25, 0.3) is 0 Å². The lowest BCUT2D eigenvalue weighted by atomic mass is 9.93. The molecule has 21 heavy (non-hydrogen) atoms. The predicted octanol–water partition coefficient (Wildman–Crippen LogP) is 3.72. The average Bonchev–Trinajstić information content (AvgIpc) is 2.45. The van der Waals surface area contributed by atoms with Crippen LogP contribution < -0.4 is 5.32 Å². The number of nitrogens with one attached hydrogen (secondary N) is 1. The van der Waals surface area contributed by atoms with Crippen molar-refractivity contribution in [2.75, 3.05) is 20.6 Å². The van der Waals surface area contributed by atoms with Crippen molar-refractivity contribution in [3.63, 3.8) is 0 Å². The molecule has 0 bridgehead atoms. The molecule has 0 heterocycles. The second kappa shape index (κ2) is 8.40. The lowest BCUT2D eigenvalue weighted by Crippen LogP contribution is -2.43. The molecule has 1 rings (SSSR count). The zero-order chi connectivity index (χ0) is 16.0. The van der Waals surface area contributed by atoms with Crippen LogP contribution in [0.1, 0.15) is 50.8 Å². The van der Waals surface area contributed by atoms with Crippen LogP contribution in [-0.2, 0) is 0 Å². The number of aromatic hydroxyl groups is 1. The lowest BCUT2D eigenvalue weighted by Gasteiger charge is -2.32. The number of nitrogens with zero attached hydrogens (tertiary/aromatic N) is 1. The molecule has 0 saturated carbocycles. The fraction of sp³-hybridized carbons (Fsp3) is 0.667. The molecule has 0 amide bonds. The summed E-state index contributed by atoms with van der Waals surface area (Å²) in [5.41, 5.74) is 2.16. The molecule has 0 aliphatic heterocycles. The van der Waals surface area contributed by atoms with E-state index in [1.165, 1.54) is 18.4 Å². The first-order valence-electron chi connectivity index (χ1n) is 8.09. The molecule has 1 aromatic rings. The highest BCUT2D eigenvalue weighted by Crippen LogP contribution is 2.25. The molecule has 2 N–H and O–H groups in total. The molecule has 0 aromatic heterocycles. The third-order valence-electron chi connectivity index (χ3n) is 4.54. The fourth-order valence-corrected chi connectivity index (χ4v) is 3.03. The number of rotatable bonds is 8. The summed E-state index contributed by atoms with van der Waals surface area (Å²) >= 11 is 0. The van der Waals surface area contributed by atoms with Gasteiger partial charge in [0.15, 0.2) is 0 Å². The molecule has 2 unspecified atom stereocenters. The Balaban J connectivity index is 2.73. The molecule has 3 heteroatoms. The number of aryl methyl sites for hydroxylation is 1. The van der Waals surface area contributed by atoms with Gasteiger partial charge in [-0.25, -0.2) is 0 Å². The Morgan fingerprint density at radius 2 is 1.81 bits per heavy atom. The SMILES string of the molecule is CCC(CC)C(CNC(C)c1cc(C)ccc1O)N(C)C. The van der Waals surface area contributed by atoms with Crippen molar-refractivity contribution in [1.29, 1.82) is 0 Å². The summed E-state index contributed by atoms with van der Waals surface area (Å²) in [5.74, 6) is 1.08. The minimum absolute atomic E-state index is 0.154. The Morgan fingerprint density at radius 1 is 1.19 bits per heavy atom. The normalized spacial score (nSPS) is 14.7. The molecule has 0 aliphatic rings. The molecule has 120 valence electrons. The number of phenolic OH excluding ortho intramolecular Hbond substituents is 1. The van der Waals surface area contributed by atoms with E-state index in [2.05, 4.69) is 58.1 Å². The van der Waals surface area contributed by atoms with Gasteiger partial charge in [-0.05, 0) is 39.9 Å². The van der Waals surface area contributed by atoms with Gasteiger partial charge < -0.3 is 15.3 Å². The van der Waals surface area contributed by atoms with Crippen LogP contribution in [0.5, 0.6) is 5.75 Å². The highest BCUT2D eigenvalue weighted by molar-refractivity contribution is 5.37. The van der Waals surface area contributed by atoms with Gasteiger partial charge in [0.2, 0.25) is 0 Å². The quantitative estimate of drug-likeness (QED) is 0.766. The maximum Gasteiger partial charge on any atom is 0.120 e. The van der Waals surface area contributed by atoms with Gasteiger partial charge in [-0.1, -0.05) is 44.4 Å². The molecular weight excluding hydrogens is 260 g/mol. The van der Waals surface area contributed by atoms with Crippen molar-refractivity contribution in [1.82, 2.24) is 10.2 Å². The zero-order valence-corrected chi connectivity index (χ0v) is 14.5. The third-order valence-corrected chi connectivity index (χ3v) is 4.54. The molecule has 2 atom stereocenters. The second-order valence-electron chi connectivity index (χ2n) is 6.30. The molecule has 0 fully saturated rings. The summed E-state index contributed by atoms with van der Waals surface area (Å²) in [5, 5.41) is 13.6. The molecule has 0 radical (unpaired) electrons. The molecule has 0 spiro atoms. The number of likely N-dealkylation sites (N-methyl/N-ethyl adjacent to an activating group) is 1. The number of hydrogen-bond donors (Lipinski definition) is 2. The summed E-state index contributed by atoms with van der Waals surface area (Å²) in [6.45, 7) is 9.64. The first kappa shape index (κ1) is 18.0. The Morgan fingerprint density at radius 3 is 2.33 bits per heavy atom. The van der Waals surface area contributed by atoms with Crippen LogP contribution >= 0.6 is 0 Å². The summed E-state index contributed by atoms with van der Waals surface area (Å²) < 4.78 is 0. The lowest BCUT2D eigenvalue weighted by molar-refractivity contribution is 0.190. The molecular formula is C18H32N2O. The van der Waals surface area contributed by atoms with Crippen LogP contribution in [0.15, 0.2) is 18.2 Å². The number of hydrogen-bond acceptors (Lipinski definition) is 3. The van der Waals surface area contributed by atoms with Crippen molar-refractivity contribution >= 4 is 0 Å². The Hall–Kier alpha value is -1.06. The van der Waals surface area contributed by atoms with Crippen LogP contribution in [0.25, 0.3) is 0 Å². The van der Waals surface area contributed by atoms with Gasteiger partial charge in [0.05, 0.1) is 0 Å². The number of benzene rings is 1. The van der Waals surface area contributed by atoms with Crippen LogP contribution in [0.4, 0.5) is 0 Å². The summed E-state index contributed by atoms with van der Waals surface area (Å²) in [6, 6.07) is 6.47. The standard InChI is InChI=1S/C18H32N2O/c1-7-15(8-2)17(20(5)6)12-19-14(4)16-11-13(3)9-10-18(16)21/h9-11,14-15,17,19,21H,7-8,12H2,1-6H3. The number of phenols is 1. The Labute approximate surface area is 130 Å². The van der Waals surface area contributed by atoms with Crippen molar-refractivity contribution < 1.29 is 5.11 Å². The second-order valence-corrected chi connectivity index (χ2v) is 6.30. The Bertz CT molecular complexity index is 427. The van der Waals surface area contributed by atoms with Crippen LogP contribution in [0.3, 0.4) is 0 Å². The highest BCUT2D eigenvalue weighted by atomic mass is 16.3. The summed E-state index contributed by atoms with van der Waals surface area (Å²) in [7, 11) is 4.30. The van der Waals surface area contributed by atoms with Crippen molar-refractivity contribution in [3.05, 3.63) is 29.3 Å². The van der Waals surface area contributed by atoms with Crippen molar-refractivity contribution in [3.8, 4) is 5.75 Å². The van der Waals surface area contributed by atoms with Gasteiger partial charge in [-0.15, -0.1) is 0 Å². The molecule has 0 saturated heterocycles. The molecule has 1 aromatic carbocycles. The Kier molecular flexibility index (Phi) is 7.20. The van der Waals surface area contributed by atoms with E-state index >= 15 is 0 Å². The zero-order valence-electron chi connectivity index (χ0n) is 14.5. The minimum Gasteiger partial charge on any atom is -0.508 e. The average molecular weight is 292 g/mol. The van der Waals surface area contributed by atoms with E-state index in [-0.39, 0.29) is 6.04 Å². The monoisotopic (exact) mass is 292 g/mol. The largest absolute Gasteiger partial charge is 0.508 e. The van der Waals surface area contributed by atoms with E-state index in [0.29, 0.717) is 17.7 Å². The van der Waals surface area contributed by atoms with Gasteiger partial charge in [-0.2, -0.15) is 0 Å². The first-order valence-corrected chi connectivity index (χ1v) is 8.09. The maximum atomic E-state index is 10.0. The van der Waals surface area contributed by atoms with Crippen molar-refractivity contribution in [2.24, 2.45) is 5.92 Å². The molecule has 0 aliphatic carbocycles. The third kappa shape index (κ3) is 5.01. The van der Waals surface area contributed by atoms with E-state index in [4.69, 9.17) is 0 Å². The van der Waals surface area contributed by atoms with Gasteiger partial charge in [0, 0.05) is 24.2 Å². The van der Waals surface area contributed by atoms with E-state index in [1.807, 2.05) is 6.07 Å². The van der Waals surface area contributed by atoms with Gasteiger partial charge in [0.1, 0.15) is 5.75 Å². The maximum absolute atomic E-state index is 10.0. The van der Waals surface area contributed by atoms with E-state index in [0.717, 1.165) is 12.1 Å². The minimum atomic E-state index is 0.154. The van der Waals surface area contributed by atoms with Gasteiger partial charge in [-0.3, -0.25) is 0 Å². The van der Waals surface area contributed by atoms with E-state index < -0.39 is 0 Å². The van der Waals surface area contributed by atoms with Crippen molar-refractivity contribution in [2.45, 2.75) is 52.6 Å². The van der Waals surface area contributed by atoms with Gasteiger partial charge >= 0.3 is 0 Å². The summed E-state index contributed by atoms with van der Waals surface area (Å²) in [6.07, 6.45) is 2.40. The summed E-state index contributed by atoms with van der Waals surface area (Å²) in [4.78, 5) is 2.31. The first-order chi connectivity index (χ1) is 9.90. The fourth-order valence-electron chi connectivity index (χ4n) is 3.03. The predicted molar refractivity (Wildman–Crippen MR) is 90.8 cm³/mol. The van der Waals surface area contributed by atoms with Crippen LogP contribution in [0.2, 0.25) is 0 Å². The van der Waals surface area contributed by atoms with Crippen LogP contribution in [-0.4, -0.2) is 36.7 Å². The van der Waals surface area contributed by atoms with Crippen LogP contribution in [0, 0.1) is 12.8 Å². The topological polar surface area (TPSA) is 35.5 Å². The van der Waals surface area contributed by atoms with E-state index in [1.54, 1.807) is 6.07 Å². The smallest absolute Gasteiger partial charge is 0.120 e.